The molecule has 0 saturated heterocycles. The highest BCUT2D eigenvalue weighted by Gasteiger charge is 2.15. The van der Waals surface area contributed by atoms with Crippen LogP contribution in [0, 0.1) is 5.82 Å². The third kappa shape index (κ3) is 2.25. The second-order valence-electron chi connectivity index (χ2n) is 3.09. The molecule has 1 rings (SSSR count). The van der Waals surface area contributed by atoms with Crippen molar-refractivity contribution in [2.24, 2.45) is 0 Å². The number of hydrogen-bond donors (Lipinski definition) is 1. The topological polar surface area (TPSA) is 29.5 Å². The fourth-order valence-electron chi connectivity index (χ4n) is 1.26. The third-order valence-corrected chi connectivity index (χ3v) is 2.64. The van der Waals surface area contributed by atoms with Crippen molar-refractivity contribution < 1.29 is 14.2 Å². The molecule has 1 aromatic carbocycles. The van der Waals surface area contributed by atoms with Gasteiger partial charge in [-0.2, -0.15) is 0 Å². The number of aliphatic hydroxyl groups excluding tert-OH is 1. The Morgan fingerprint density at radius 1 is 1.57 bits per heavy atom. The van der Waals surface area contributed by atoms with Gasteiger partial charge in [0.05, 0.1) is 11.6 Å². The van der Waals surface area contributed by atoms with E-state index in [9.17, 15) is 4.39 Å². The van der Waals surface area contributed by atoms with Gasteiger partial charge in [0.2, 0.25) is 0 Å². The van der Waals surface area contributed by atoms with Gasteiger partial charge in [0, 0.05) is 18.1 Å². The summed E-state index contributed by atoms with van der Waals surface area (Å²) in [6.45, 7) is 1.77. The van der Waals surface area contributed by atoms with Crippen molar-refractivity contribution >= 4 is 15.9 Å². The lowest BCUT2D eigenvalue weighted by Gasteiger charge is -2.14. The molecule has 78 valence electrons. The van der Waals surface area contributed by atoms with Gasteiger partial charge in [-0.15, -0.1) is 0 Å². The van der Waals surface area contributed by atoms with Crippen LogP contribution in [0.2, 0.25) is 0 Å². The molecule has 0 amide bonds. The van der Waals surface area contributed by atoms with Crippen molar-refractivity contribution in [3.8, 4) is 5.75 Å². The summed E-state index contributed by atoms with van der Waals surface area (Å²) in [6, 6.07) is 2.72. The lowest BCUT2D eigenvalue weighted by molar-refractivity contribution is 0.269. The molecule has 0 aliphatic carbocycles. The number of methoxy groups -OCH3 is 1. The molecule has 0 fully saturated rings. The first-order chi connectivity index (χ1) is 6.60. The number of rotatable bonds is 3. The molecule has 0 bridgehead atoms. The maximum absolute atomic E-state index is 13.1. The predicted octanol–water partition coefficient (Wildman–Crippen LogP) is 2.69. The quantitative estimate of drug-likeness (QED) is 0.908. The monoisotopic (exact) mass is 262 g/mol. The maximum atomic E-state index is 13.1. The van der Waals surface area contributed by atoms with Crippen LogP contribution in [-0.2, 0) is 0 Å². The first kappa shape index (κ1) is 11.5. The molecule has 1 atom stereocenters. The minimum absolute atomic E-state index is 0.0355. The van der Waals surface area contributed by atoms with Crippen LogP contribution in [0.5, 0.6) is 5.75 Å². The lowest BCUT2D eigenvalue weighted by atomic mass is 10.0. The first-order valence-corrected chi connectivity index (χ1v) is 5.03. The molecule has 0 aromatic heterocycles. The Morgan fingerprint density at radius 2 is 2.21 bits per heavy atom. The summed E-state index contributed by atoms with van der Waals surface area (Å²) in [7, 11) is 1.52. The summed E-state index contributed by atoms with van der Waals surface area (Å²) in [4.78, 5) is 0. The van der Waals surface area contributed by atoms with Crippen molar-refractivity contribution in [3.63, 3.8) is 0 Å². The van der Waals surface area contributed by atoms with E-state index in [1.165, 1.54) is 19.2 Å². The van der Waals surface area contributed by atoms with E-state index in [0.717, 1.165) is 0 Å². The van der Waals surface area contributed by atoms with E-state index in [1.54, 1.807) is 0 Å². The average Bonchev–Trinajstić information content (AvgIpc) is 2.15. The minimum atomic E-state index is -0.340. The van der Waals surface area contributed by atoms with Crippen LogP contribution >= 0.6 is 15.9 Å². The molecule has 4 heteroatoms. The van der Waals surface area contributed by atoms with Gasteiger partial charge in [0.1, 0.15) is 11.6 Å². The van der Waals surface area contributed by atoms with Crippen molar-refractivity contribution in [2.45, 2.75) is 12.8 Å². The van der Waals surface area contributed by atoms with Gasteiger partial charge >= 0.3 is 0 Å². The second kappa shape index (κ2) is 4.75. The summed E-state index contributed by atoms with van der Waals surface area (Å²) in [5.41, 5.74) is 0.668. The Bertz CT molecular complexity index is 328. The Hall–Kier alpha value is -0.610. The summed E-state index contributed by atoms with van der Waals surface area (Å²) in [5.74, 6) is 0.0953. The number of halogens is 2. The van der Waals surface area contributed by atoms with Crippen LogP contribution in [0.15, 0.2) is 16.6 Å². The third-order valence-electron chi connectivity index (χ3n) is 2.05. The number of aliphatic hydroxyl groups is 1. The highest BCUT2D eigenvalue weighted by molar-refractivity contribution is 9.10. The zero-order chi connectivity index (χ0) is 10.7. The second-order valence-corrected chi connectivity index (χ2v) is 3.95. The van der Waals surface area contributed by atoms with Gasteiger partial charge in [-0.3, -0.25) is 0 Å². The largest absolute Gasteiger partial charge is 0.495 e. The number of ether oxygens (including phenoxy) is 1. The average molecular weight is 263 g/mol. The van der Waals surface area contributed by atoms with Crippen LogP contribution in [-0.4, -0.2) is 18.8 Å². The first-order valence-electron chi connectivity index (χ1n) is 4.24. The van der Waals surface area contributed by atoms with E-state index in [1.807, 2.05) is 6.92 Å². The van der Waals surface area contributed by atoms with Gasteiger partial charge in [0.15, 0.2) is 0 Å². The zero-order valence-corrected chi connectivity index (χ0v) is 9.64. The molecule has 1 N–H and O–H groups in total. The molecule has 1 aromatic rings. The van der Waals surface area contributed by atoms with Gasteiger partial charge in [0.25, 0.3) is 0 Å². The van der Waals surface area contributed by atoms with Gasteiger partial charge < -0.3 is 9.84 Å². The van der Waals surface area contributed by atoms with Crippen LogP contribution in [0.4, 0.5) is 4.39 Å². The highest BCUT2D eigenvalue weighted by Crippen LogP contribution is 2.34. The summed E-state index contributed by atoms with van der Waals surface area (Å²) >= 11 is 3.21. The molecular weight excluding hydrogens is 251 g/mol. The zero-order valence-electron chi connectivity index (χ0n) is 8.05. The fraction of sp³-hybridized carbons (Fsp3) is 0.400. The van der Waals surface area contributed by atoms with Crippen molar-refractivity contribution in [1.29, 1.82) is 0 Å². The highest BCUT2D eigenvalue weighted by atomic mass is 79.9. The summed E-state index contributed by atoms with van der Waals surface area (Å²) in [6.07, 6.45) is 0. The Balaban J connectivity index is 3.24. The molecule has 0 saturated carbocycles. The van der Waals surface area contributed by atoms with Gasteiger partial charge in [-0.1, -0.05) is 6.92 Å². The standard InChI is InChI=1S/C10H12BrFO2/c1-6(5-13)8-3-7(12)4-9(11)10(8)14-2/h3-4,6,13H,5H2,1-2H3. The SMILES string of the molecule is COc1c(Br)cc(F)cc1C(C)CO. The molecule has 0 heterocycles. The van der Waals surface area contributed by atoms with Crippen molar-refractivity contribution in [1.82, 2.24) is 0 Å². The Labute approximate surface area is 90.8 Å². The summed E-state index contributed by atoms with van der Waals surface area (Å²) in [5, 5.41) is 9.00. The molecule has 0 aliphatic heterocycles. The molecule has 1 unspecified atom stereocenters. The normalized spacial score (nSPS) is 12.6. The number of hydrogen-bond acceptors (Lipinski definition) is 2. The van der Waals surface area contributed by atoms with E-state index in [0.29, 0.717) is 15.8 Å². The predicted molar refractivity (Wildman–Crippen MR) is 56.2 cm³/mol. The van der Waals surface area contributed by atoms with Crippen LogP contribution in [0.1, 0.15) is 18.4 Å². The Kier molecular flexibility index (Phi) is 3.89. The van der Waals surface area contributed by atoms with Crippen LogP contribution < -0.4 is 4.74 Å². The van der Waals surface area contributed by atoms with E-state index in [4.69, 9.17) is 9.84 Å². The molecule has 0 spiro atoms. The Morgan fingerprint density at radius 3 is 2.71 bits per heavy atom. The van der Waals surface area contributed by atoms with Gasteiger partial charge in [-0.05, 0) is 28.1 Å². The van der Waals surface area contributed by atoms with E-state index in [-0.39, 0.29) is 18.3 Å². The smallest absolute Gasteiger partial charge is 0.136 e. The molecular formula is C10H12BrFO2. The van der Waals surface area contributed by atoms with E-state index in [2.05, 4.69) is 15.9 Å². The van der Waals surface area contributed by atoms with E-state index < -0.39 is 0 Å². The summed E-state index contributed by atoms with van der Waals surface area (Å²) < 4.78 is 18.8. The lowest BCUT2D eigenvalue weighted by Crippen LogP contribution is -2.03. The minimum Gasteiger partial charge on any atom is -0.495 e. The van der Waals surface area contributed by atoms with Gasteiger partial charge in [-0.25, -0.2) is 4.39 Å². The fourth-order valence-corrected chi connectivity index (χ4v) is 1.87. The van der Waals surface area contributed by atoms with Crippen molar-refractivity contribution in [3.05, 3.63) is 28.0 Å². The van der Waals surface area contributed by atoms with E-state index >= 15 is 0 Å². The molecule has 0 radical (unpaired) electrons. The molecule has 14 heavy (non-hydrogen) atoms. The van der Waals surface area contributed by atoms with Crippen molar-refractivity contribution in [2.75, 3.05) is 13.7 Å². The molecule has 0 aliphatic rings. The van der Waals surface area contributed by atoms with Crippen LogP contribution in [0.25, 0.3) is 0 Å². The number of benzene rings is 1. The van der Waals surface area contributed by atoms with Crippen LogP contribution in [0.3, 0.4) is 0 Å². The molecule has 2 nitrogen and oxygen atoms in total. The maximum Gasteiger partial charge on any atom is 0.136 e.